The zero-order valence-corrected chi connectivity index (χ0v) is 15.3. The molecule has 0 unspecified atom stereocenters. The topological polar surface area (TPSA) is 70.5 Å². The number of aromatic nitrogens is 2. The summed E-state index contributed by atoms with van der Waals surface area (Å²) in [7, 11) is 0. The summed E-state index contributed by atoms with van der Waals surface area (Å²) in [6.45, 7) is 6.22. The van der Waals surface area contributed by atoms with Gasteiger partial charge in [-0.1, -0.05) is 30.3 Å². The molecule has 1 aromatic carbocycles. The monoisotopic (exact) mass is 355 g/mol. The standard InChI is InChI=1S/C19H25N5O2/c1-15(2)24-9-8-17(21-24)20-19(26)23-12-10-22(11-13-23)18(25)14-16-6-4-3-5-7-16/h3-9,15H,10-14H2,1-2H3,(H,20,21,26). The molecule has 1 aliphatic heterocycles. The summed E-state index contributed by atoms with van der Waals surface area (Å²) in [5.74, 6) is 0.651. The second kappa shape index (κ2) is 8.03. The smallest absolute Gasteiger partial charge is 0.323 e. The molecule has 1 aromatic heterocycles. The molecule has 26 heavy (non-hydrogen) atoms. The first-order chi connectivity index (χ1) is 12.5. The van der Waals surface area contributed by atoms with Crippen molar-refractivity contribution < 1.29 is 9.59 Å². The summed E-state index contributed by atoms with van der Waals surface area (Å²) in [4.78, 5) is 28.3. The van der Waals surface area contributed by atoms with Crippen LogP contribution in [0, 0.1) is 0 Å². The number of urea groups is 1. The van der Waals surface area contributed by atoms with E-state index in [1.165, 1.54) is 0 Å². The van der Waals surface area contributed by atoms with E-state index in [1.54, 1.807) is 15.6 Å². The molecule has 2 aromatic rings. The van der Waals surface area contributed by atoms with Gasteiger partial charge in [0.15, 0.2) is 5.82 Å². The lowest BCUT2D eigenvalue weighted by Gasteiger charge is -2.34. The Bertz CT molecular complexity index is 748. The Morgan fingerprint density at radius 3 is 2.31 bits per heavy atom. The Morgan fingerprint density at radius 2 is 1.69 bits per heavy atom. The molecule has 7 heteroatoms. The number of carbonyl (C=O) groups is 2. The SMILES string of the molecule is CC(C)n1ccc(NC(=O)N2CCN(C(=O)Cc3ccccc3)CC2)n1. The maximum absolute atomic E-state index is 12.4. The molecule has 1 aliphatic rings. The number of carbonyl (C=O) groups excluding carboxylic acids is 2. The van der Waals surface area contributed by atoms with Crippen LogP contribution in [0.25, 0.3) is 0 Å². The van der Waals surface area contributed by atoms with Crippen molar-refractivity contribution in [2.45, 2.75) is 26.3 Å². The van der Waals surface area contributed by atoms with E-state index in [0.29, 0.717) is 38.4 Å². The van der Waals surface area contributed by atoms with Gasteiger partial charge >= 0.3 is 6.03 Å². The number of amides is 3. The summed E-state index contributed by atoms with van der Waals surface area (Å²) < 4.78 is 1.80. The van der Waals surface area contributed by atoms with Gasteiger partial charge in [-0.25, -0.2) is 4.79 Å². The third-order valence-corrected chi connectivity index (χ3v) is 4.49. The number of benzene rings is 1. The molecule has 138 valence electrons. The van der Waals surface area contributed by atoms with Crippen molar-refractivity contribution in [3.8, 4) is 0 Å². The molecule has 7 nitrogen and oxygen atoms in total. The number of nitrogens with zero attached hydrogens (tertiary/aromatic N) is 4. The van der Waals surface area contributed by atoms with Crippen LogP contribution in [0.15, 0.2) is 42.6 Å². The first-order valence-electron chi connectivity index (χ1n) is 8.95. The summed E-state index contributed by atoms with van der Waals surface area (Å²) in [6.07, 6.45) is 2.25. The number of piperazine rings is 1. The van der Waals surface area contributed by atoms with Gasteiger partial charge in [0, 0.05) is 44.5 Å². The molecule has 1 N–H and O–H groups in total. The molecular formula is C19H25N5O2. The minimum Gasteiger partial charge on any atom is -0.339 e. The van der Waals surface area contributed by atoms with Gasteiger partial charge in [-0.05, 0) is 19.4 Å². The van der Waals surface area contributed by atoms with E-state index in [9.17, 15) is 9.59 Å². The molecule has 0 radical (unpaired) electrons. The maximum Gasteiger partial charge on any atom is 0.323 e. The zero-order chi connectivity index (χ0) is 18.5. The number of hydrogen-bond acceptors (Lipinski definition) is 3. The van der Waals surface area contributed by atoms with E-state index < -0.39 is 0 Å². The highest BCUT2D eigenvalue weighted by Gasteiger charge is 2.24. The second-order valence-electron chi connectivity index (χ2n) is 6.74. The number of hydrogen-bond donors (Lipinski definition) is 1. The van der Waals surface area contributed by atoms with Gasteiger partial charge in [-0.3, -0.25) is 14.8 Å². The fourth-order valence-corrected chi connectivity index (χ4v) is 2.92. The quantitative estimate of drug-likeness (QED) is 0.915. The van der Waals surface area contributed by atoms with Gasteiger partial charge < -0.3 is 9.80 Å². The summed E-state index contributed by atoms with van der Waals surface area (Å²) in [5, 5.41) is 7.15. The molecule has 3 rings (SSSR count). The average Bonchev–Trinajstić information content (AvgIpc) is 3.11. The number of anilines is 1. The lowest BCUT2D eigenvalue weighted by Crippen LogP contribution is -2.52. The van der Waals surface area contributed by atoms with Crippen molar-refractivity contribution in [1.29, 1.82) is 0 Å². The molecule has 0 spiro atoms. The molecular weight excluding hydrogens is 330 g/mol. The van der Waals surface area contributed by atoms with E-state index in [4.69, 9.17) is 0 Å². The second-order valence-corrected chi connectivity index (χ2v) is 6.74. The number of nitrogens with one attached hydrogen (secondary N) is 1. The Hall–Kier alpha value is -2.83. The van der Waals surface area contributed by atoms with Gasteiger partial charge in [0.2, 0.25) is 5.91 Å². The molecule has 3 amide bonds. The first-order valence-corrected chi connectivity index (χ1v) is 8.95. The van der Waals surface area contributed by atoms with Crippen molar-refractivity contribution in [3.05, 3.63) is 48.2 Å². The molecule has 1 fully saturated rings. The van der Waals surface area contributed by atoms with Crippen LogP contribution in [-0.4, -0.2) is 57.7 Å². The van der Waals surface area contributed by atoms with Crippen LogP contribution < -0.4 is 5.32 Å². The molecule has 0 atom stereocenters. The zero-order valence-electron chi connectivity index (χ0n) is 15.3. The van der Waals surface area contributed by atoms with E-state index in [1.807, 2.05) is 55.3 Å². The Morgan fingerprint density at radius 1 is 1.04 bits per heavy atom. The highest BCUT2D eigenvalue weighted by molar-refractivity contribution is 5.88. The lowest BCUT2D eigenvalue weighted by atomic mass is 10.1. The van der Waals surface area contributed by atoms with Crippen molar-refractivity contribution in [3.63, 3.8) is 0 Å². The predicted molar refractivity (Wildman–Crippen MR) is 99.9 cm³/mol. The average molecular weight is 355 g/mol. The van der Waals surface area contributed by atoms with Crippen molar-refractivity contribution >= 4 is 17.8 Å². The molecule has 0 bridgehead atoms. The van der Waals surface area contributed by atoms with Gasteiger partial charge in [-0.2, -0.15) is 5.10 Å². The predicted octanol–water partition coefficient (Wildman–Crippen LogP) is 2.38. The highest BCUT2D eigenvalue weighted by Crippen LogP contribution is 2.11. The molecule has 0 saturated carbocycles. The third kappa shape index (κ3) is 4.41. The van der Waals surface area contributed by atoms with Crippen LogP contribution in [-0.2, 0) is 11.2 Å². The minimum atomic E-state index is -0.172. The molecule has 1 saturated heterocycles. The fraction of sp³-hybridized carbons (Fsp3) is 0.421. The van der Waals surface area contributed by atoms with Crippen molar-refractivity contribution in [1.82, 2.24) is 19.6 Å². The van der Waals surface area contributed by atoms with Crippen LogP contribution >= 0.6 is 0 Å². The van der Waals surface area contributed by atoms with Crippen LogP contribution in [0.5, 0.6) is 0 Å². The van der Waals surface area contributed by atoms with Crippen LogP contribution in [0.4, 0.5) is 10.6 Å². The molecule has 0 aliphatic carbocycles. The van der Waals surface area contributed by atoms with E-state index >= 15 is 0 Å². The lowest BCUT2D eigenvalue weighted by molar-refractivity contribution is -0.131. The summed E-state index contributed by atoms with van der Waals surface area (Å²) >= 11 is 0. The third-order valence-electron chi connectivity index (χ3n) is 4.49. The van der Waals surface area contributed by atoms with Gasteiger partial charge in [0.25, 0.3) is 0 Å². The van der Waals surface area contributed by atoms with Gasteiger partial charge in [0.1, 0.15) is 0 Å². The van der Waals surface area contributed by atoms with Crippen molar-refractivity contribution in [2.75, 3.05) is 31.5 Å². The van der Waals surface area contributed by atoms with Crippen LogP contribution in [0.1, 0.15) is 25.5 Å². The van der Waals surface area contributed by atoms with E-state index in [-0.39, 0.29) is 18.0 Å². The highest BCUT2D eigenvalue weighted by atomic mass is 16.2. The van der Waals surface area contributed by atoms with Gasteiger partial charge in [0.05, 0.1) is 6.42 Å². The Kier molecular flexibility index (Phi) is 5.55. The normalized spacial score (nSPS) is 14.6. The number of rotatable bonds is 4. The van der Waals surface area contributed by atoms with Crippen molar-refractivity contribution in [2.24, 2.45) is 0 Å². The maximum atomic E-state index is 12.4. The van der Waals surface area contributed by atoms with E-state index in [2.05, 4.69) is 10.4 Å². The minimum absolute atomic E-state index is 0.104. The van der Waals surface area contributed by atoms with Gasteiger partial charge in [-0.15, -0.1) is 0 Å². The van der Waals surface area contributed by atoms with Crippen LogP contribution in [0.3, 0.4) is 0 Å². The Labute approximate surface area is 153 Å². The first kappa shape index (κ1) is 18.0. The fourth-order valence-electron chi connectivity index (χ4n) is 2.92. The summed E-state index contributed by atoms with van der Waals surface area (Å²) in [5.41, 5.74) is 1.01. The Balaban J connectivity index is 1.48. The summed E-state index contributed by atoms with van der Waals surface area (Å²) in [6, 6.07) is 11.6. The van der Waals surface area contributed by atoms with Crippen LogP contribution in [0.2, 0.25) is 0 Å². The largest absolute Gasteiger partial charge is 0.339 e. The molecule has 2 heterocycles. The van der Waals surface area contributed by atoms with E-state index in [0.717, 1.165) is 5.56 Å².